The Morgan fingerprint density at radius 3 is 2.37 bits per heavy atom. The lowest BCUT2D eigenvalue weighted by Crippen LogP contribution is -2.49. The zero-order valence-electron chi connectivity index (χ0n) is 20.5. The Labute approximate surface area is 207 Å². The number of nitrogens with zero attached hydrogens (tertiary/aromatic N) is 4. The molecule has 0 radical (unpaired) electrons. The van der Waals surface area contributed by atoms with E-state index in [1.807, 2.05) is 30.3 Å². The molecule has 190 valence electrons. The zero-order valence-corrected chi connectivity index (χ0v) is 21.3. The number of anilines is 1. The Morgan fingerprint density at radius 1 is 1.00 bits per heavy atom. The normalized spacial score (nSPS) is 24.2. The van der Waals surface area contributed by atoms with Crippen molar-refractivity contribution in [2.45, 2.75) is 69.8 Å². The van der Waals surface area contributed by atoms with E-state index in [4.69, 9.17) is 4.74 Å². The minimum atomic E-state index is -3.41. The maximum absolute atomic E-state index is 13.6. The summed E-state index contributed by atoms with van der Waals surface area (Å²) in [7, 11) is -3.41. The van der Waals surface area contributed by atoms with Gasteiger partial charge in [0.2, 0.25) is 15.8 Å². The predicted octanol–water partition coefficient (Wildman–Crippen LogP) is 3.58. The second-order valence-electron chi connectivity index (χ2n) is 10.3. The Morgan fingerprint density at radius 2 is 1.71 bits per heavy atom. The van der Waals surface area contributed by atoms with Gasteiger partial charge in [-0.15, -0.1) is 0 Å². The topological polar surface area (TPSA) is 84.7 Å². The number of hydrogen-bond acceptors (Lipinski definition) is 6. The van der Waals surface area contributed by atoms with Crippen molar-refractivity contribution >= 4 is 15.7 Å². The molecule has 3 fully saturated rings. The largest absolute Gasteiger partial charge is 0.483 e. The van der Waals surface area contributed by atoms with Crippen molar-refractivity contribution in [2.75, 3.05) is 31.1 Å². The van der Waals surface area contributed by atoms with Gasteiger partial charge in [0.1, 0.15) is 5.69 Å². The summed E-state index contributed by atoms with van der Waals surface area (Å²) in [6.45, 7) is 3.98. The van der Waals surface area contributed by atoms with E-state index in [0.717, 1.165) is 50.5 Å². The number of rotatable bonds is 7. The molecule has 2 aromatic rings. The molecule has 2 atom stereocenters. The van der Waals surface area contributed by atoms with Crippen LogP contribution in [0.4, 0.5) is 5.69 Å². The van der Waals surface area contributed by atoms with Crippen LogP contribution in [0.2, 0.25) is 0 Å². The van der Waals surface area contributed by atoms with Gasteiger partial charge in [-0.25, -0.2) is 13.1 Å². The summed E-state index contributed by atoms with van der Waals surface area (Å²) in [4.78, 5) is 15.6. The van der Waals surface area contributed by atoms with Gasteiger partial charge >= 0.3 is 5.56 Å². The van der Waals surface area contributed by atoms with Gasteiger partial charge in [-0.1, -0.05) is 50.1 Å². The minimum absolute atomic E-state index is 0.00105. The molecule has 0 spiro atoms. The lowest BCUT2D eigenvalue weighted by Gasteiger charge is -2.36. The van der Waals surface area contributed by atoms with Crippen LogP contribution in [0.25, 0.3) is 0 Å². The van der Waals surface area contributed by atoms with Crippen molar-refractivity contribution in [3.63, 3.8) is 0 Å². The molecule has 0 unspecified atom stereocenters. The Bertz CT molecular complexity index is 1170. The first-order valence-electron chi connectivity index (χ1n) is 13.0. The molecule has 35 heavy (non-hydrogen) atoms. The number of hydrogen-bond donors (Lipinski definition) is 0. The molecule has 1 aromatic heterocycles. The summed E-state index contributed by atoms with van der Waals surface area (Å²) >= 11 is 0. The molecular weight excluding hydrogens is 464 g/mol. The van der Waals surface area contributed by atoms with Crippen LogP contribution < -0.4 is 15.2 Å². The highest BCUT2D eigenvalue weighted by Gasteiger charge is 2.32. The Kier molecular flexibility index (Phi) is 7.16. The van der Waals surface area contributed by atoms with Crippen molar-refractivity contribution < 1.29 is 13.2 Å². The average molecular weight is 501 g/mol. The molecule has 5 rings (SSSR count). The summed E-state index contributed by atoms with van der Waals surface area (Å²) in [6.07, 6.45) is 9.03. The summed E-state index contributed by atoms with van der Waals surface area (Å²) in [6, 6.07) is 9.42. The first-order chi connectivity index (χ1) is 16.9. The van der Waals surface area contributed by atoms with E-state index in [-0.39, 0.29) is 23.5 Å². The Balaban J connectivity index is 1.34. The summed E-state index contributed by atoms with van der Waals surface area (Å²) in [5, 5.41) is 4.56. The molecule has 1 aliphatic heterocycles. The third-order valence-corrected chi connectivity index (χ3v) is 9.56. The van der Waals surface area contributed by atoms with Crippen LogP contribution in [0.1, 0.15) is 63.5 Å². The van der Waals surface area contributed by atoms with Crippen LogP contribution in [0, 0.1) is 5.92 Å². The highest BCUT2D eigenvalue weighted by molar-refractivity contribution is 7.88. The summed E-state index contributed by atoms with van der Waals surface area (Å²) < 4.78 is 35.6. The fourth-order valence-corrected chi connectivity index (χ4v) is 7.21. The molecule has 0 bridgehead atoms. The van der Waals surface area contributed by atoms with E-state index in [2.05, 4.69) is 16.9 Å². The number of benzene rings is 1. The maximum atomic E-state index is 13.6. The number of sulfonamides is 1. The van der Waals surface area contributed by atoms with E-state index in [1.54, 1.807) is 15.2 Å². The van der Waals surface area contributed by atoms with Gasteiger partial charge in [0.05, 0.1) is 24.1 Å². The molecule has 0 amide bonds. The molecule has 2 aliphatic carbocycles. The van der Waals surface area contributed by atoms with Crippen LogP contribution in [-0.2, 0) is 15.8 Å². The first kappa shape index (κ1) is 24.3. The third kappa shape index (κ3) is 5.40. The Hall–Kier alpha value is -2.39. The van der Waals surface area contributed by atoms with Gasteiger partial charge < -0.3 is 9.64 Å². The van der Waals surface area contributed by atoms with Crippen molar-refractivity contribution in [3.8, 4) is 5.75 Å². The lowest BCUT2D eigenvalue weighted by atomic mass is 10.1. The smallest absolute Gasteiger partial charge is 0.311 e. The SMILES string of the molecule is C[C@H]1CC[C@H](Oc2c(N3CCN(S(=O)(=O)Cc4ccccc4)CC3)cnn(C3CCCC3)c2=O)C1. The van der Waals surface area contributed by atoms with E-state index < -0.39 is 10.0 Å². The van der Waals surface area contributed by atoms with Gasteiger partial charge in [0, 0.05) is 26.2 Å². The molecule has 9 heteroatoms. The number of aromatic nitrogens is 2. The highest BCUT2D eigenvalue weighted by atomic mass is 32.2. The molecule has 1 aromatic carbocycles. The van der Waals surface area contributed by atoms with Crippen LogP contribution in [0.5, 0.6) is 5.75 Å². The van der Waals surface area contributed by atoms with Gasteiger partial charge in [-0.3, -0.25) is 4.79 Å². The van der Waals surface area contributed by atoms with Gasteiger partial charge in [-0.2, -0.15) is 9.40 Å². The summed E-state index contributed by atoms with van der Waals surface area (Å²) in [5.74, 6) is 0.994. The number of ether oxygens (including phenoxy) is 1. The predicted molar refractivity (Wildman–Crippen MR) is 136 cm³/mol. The van der Waals surface area contributed by atoms with E-state index >= 15 is 0 Å². The van der Waals surface area contributed by atoms with Gasteiger partial charge in [-0.05, 0) is 43.6 Å². The van der Waals surface area contributed by atoms with Crippen molar-refractivity contribution in [2.24, 2.45) is 5.92 Å². The second-order valence-corrected chi connectivity index (χ2v) is 12.3. The van der Waals surface area contributed by atoms with E-state index in [0.29, 0.717) is 43.5 Å². The fraction of sp³-hybridized carbons (Fsp3) is 0.615. The van der Waals surface area contributed by atoms with Crippen LogP contribution in [-0.4, -0.2) is 54.8 Å². The molecule has 2 saturated carbocycles. The monoisotopic (exact) mass is 500 g/mol. The molecule has 3 aliphatic rings. The zero-order chi connectivity index (χ0) is 24.4. The molecular formula is C26H36N4O4S. The maximum Gasteiger partial charge on any atom is 0.311 e. The highest BCUT2D eigenvalue weighted by Crippen LogP contribution is 2.34. The third-order valence-electron chi connectivity index (χ3n) is 7.71. The van der Waals surface area contributed by atoms with Crippen LogP contribution >= 0.6 is 0 Å². The van der Waals surface area contributed by atoms with Gasteiger partial charge in [0.25, 0.3) is 0 Å². The van der Waals surface area contributed by atoms with Crippen molar-refractivity contribution in [3.05, 3.63) is 52.4 Å². The standard InChI is InChI=1S/C26H36N4O4S/c1-20-11-12-23(17-20)34-25-24(18-27-30(26(25)31)22-9-5-6-10-22)28-13-15-29(16-14-28)35(32,33)19-21-7-3-2-4-8-21/h2-4,7-8,18,20,22-23H,5-6,9-17,19H2,1H3/t20-,23-/m0/s1. The lowest BCUT2D eigenvalue weighted by molar-refractivity contribution is 0.199. The molecule has 8 nitrogen and oxygen atoms in total. The summed E-state index contributed by atoms with van der Waals surface area (Å²) in [5.41, 5.74) is 1.34. The average Bonchev–Trinajstić information content (AvgIpc) is 3.53. The van der Waals surface area contributed by atoms with E-state index in [9.17, 15) is 13.2 Å². The fourth-order valence-electron chi connectivity index (χ4n) is 5.70. The van der Waals surface area contributed by atoms with Crippen molar-refractivity contribution in [1.29, 1.82) is 0 Å². The van der Waals surface area contributed by atoms with Crippen LogP contribution in [0.3, 0.4) is 0 Å². The van der Waals surface area contributed by atoms with E-state index in [1.165, 1.54) is 0 Å². The second kappa shape index (κ2) is 10.3. The first-order valence-corrected chi connectivity index (χ1v) is 14.6. The quantitative estimate of drug-likeness (QED) is 0.578. The minimum Gasteiger partial charge on any atom is -0.483 e. The molecule has 2 heterocycles. The molecule has 0 N–H and O–H groups in total. The van der Waals surface area contributed by atoms with Crippen LogP contribution in [0.15, 0.2) is 41.3 Å². The van der Waals surface area contributed by atoms with Gasteiger partial charge in [0.15, 0.2) is 0 Å². The number of piperazine rings is 1. The van der Waals surface area contributed by atoms with Crippen molar-refractivity contribution in [1.82, 2.24) is 14.1 Å². The molecule has 1 saturated heterocycles.